The lowest BCUT2D eigenvalue weighted by molar-refractivity contribution is 0.0656. The van der Waals surface area contributed by atoms with Crippen molar-refractivity contribution in [1.29, 1.82) is 0 Å². The fourth-order valence-electron chi connectivity index (χ4n) is 3.63. The summed E-state index contributed by atoms with van der Waals surface area (Å²) in [6.07, 6.45) is 5.26. The van der Waals surface area contributed by atoms with Crippen molar-refractivity contribution in [2.75, 3.05) is 19.3 Å². The third-order valence-electron chi connectivity index (χ3n) is 5.23. The molecule has 11 heteroatoms. The fourth-order valence-corrected chi connectivity index (χ4v) is 4.26. The molecule has 32 heavy (non-hydrogen) atoms. The first kappa shape index (κ1) is 22.0. The Morgan fingerprint density at radius 2 is 1.81 bits per heavy atom. The maximum Gasteiger partial charge on any atom is 0.410 e. The predicted octanol–water partition coefficient (Wildman–Crippen LogP) is 3.20. The topological polar surface area (TPSA) is 117 Å². The molecule has 0 saturated carbocycles. The van der Waals surface area contributed by atoms with Crippen LogP contribution < -0.4 is 4.74 Å². The zero-order chi connectivity index (χ0) is 22.9. The standard InChI is InChI=1S/C21H25N5O5S/c1-14(2)30-21(27)25-10-8-15(9-11-25)26-19-18(12-24-26)20(23-13-22-19)31-16-4-6-17(7-5-16)32(3,28)29/h4-7,12-15H,8-11H2,1-3H3. The van der Waals surface area contributed by atoms with E-state index < -0.39 is 9.84 Å². The highest BCUT2D eigenvalue weighted by molar-refractivity contribution is 7.90. The number of benzene rings is 1. The van der Waals surface area contributed by atoms with Crippen LogP contribution in [0.2, 0.25) is 0 Å². The first-order valence-electron chi connectivity index (χ1n) is 10.3. The van der Waals surface area contributed by atoms with E-state index in [4.69, 9.17) is 9.47 Å². The van der Waals surface area contributed by atoms with E-state index in [9.17, 15) is 13.2 Å². The number of nitrogens with zero attached hydrogens (tertiary/aromatic N) is 5. The Balaban J connectivity index is 1.50. The second kappa shape index (κ2) is 8.73. The molecule has 1 amide bonds. The predicted molar refractivity (Wildman–Crippen MR) is 116 cm³/mol. The van der Waals surface area contributed by atoms with E-state index in [2.05, 4.69) is 15.1 Å². The molecule has 1 saturated heterocycles. The number of carbonyl (C=O) groups excluding carboxylic acids is 1. The molecule has 1 fully saturated rings. The number of carbonyl (C=O) groups is 1. The van der Waals surface area contributed by atoms with Gasteiger partial charge in [0.15, 0.2) is 15.5 Å². The number of hydrogen-bond donors (Lipinski definition) is 0. The lowest BCUT2D eigenvalue weighted by Gasteiger charge is -2.31. The number of likely N-dealkylation sites (tertiary alicyclic amines) is 1. The molecule has 0 atom stereocenters. The Labute approximate surface area is 186 Å². The molecule has 0 unspecified atom stereocenters. The van der Waals surface area contributed by atoms with Crippen molar-refractivity contribution >= 4 is 27.0 Å². The monoisotopic (exact) mass is 459 g/mol. The smallest absolute Gasteiger partial charge is 0.410 e. The van der Waals surface area contributed by atoms with Crippen LogP contribution in [-0.2, 0) is 14.6 Å². The second-order valence-corrected chi connectivity index (χ2v) is 10.0. The van der Waals surface area contributed by atoms with Crippen LogP contribution in [0.5, 0.6) is 11.6 Å². The summed E-state index contributed by atoms with van der Waals surface area (Å²) in [5.74, 6) is 0.799. The molecule has 170 valence electrons. The largest absolute Gasteiger partial charge is 0.447 e. The minimum atomic E-state index is -3.28. The van der Waals surface area contributed by atoms with Crippen LogP contribution in [0, 0.1) is 0 Å². The highest BCUT2D eigenvalue weighted by Gasteiger charge is 2.27. The summed E-state index contributed by atoms with van der Waals surface area (Å²) < 4.78 is 36.3. The van der Waals surface area contributed by atoms with Gasteiger partial charge in [-0.05, 0) is 51.0 Å². The van der Waals surface area contributed by atoms with Crippen LogP contribution in [0.15, 0.2) is 41.7 Å². The minimum absolute atomic E-state index is 0.0902. The lowest BCUT2D eigenvalue weighted by atomic mass is 10.1. The van der Waals surface area contributed by atoms with Crippen LogP contribution in [0.25, 0.3) is 11.0 Å². The van der Waals surface area contributed by atoms with Crippen molar-refractivity contribution < 1.29 is 22.7 Å². The van der Waals surface area contributed by atoms with Crippen LogP contribution in [0.1, 0.15) is 32.7 Å². The molecule has 3 aromatic rings. The highest BCUT2D eigenvalue weighted by atomic mass is 32.2. The van der Waals surface area contributed by atoms with Gasteiger partial charge in [-0.3, -0.25) is 0 Å². The first-order chi connectivity index (χ1) is 15.2. The Hall–Kier alpha value is -3.21. The Morgan fingerprint density at radius 3 is 2.44 bits per heavy atom. The zero-order valence-corrected chi connectivity index (χ0v) is 18.9. The van der Waals surface area contributed by atoms with E-state index in [0.29, 0.717) is 35.8 Å². The lowest BCUT2D eigenvalue weighted by Crippen LogP contribution is -2.40. The van der Waals surface area contributed by atoms with Gasteiger partial charge in [-0.15, -0.1) is 0 Å². The summed E-state index contributed by atoms with van der Waals surface area (Å²) in [6, 6.07) is 6.24. The molecule has 0 bridgehead atoms. The van der Waals surface area contributed by atoms with E-state index in [1.807, 2.05) is 18.5 Å². The zero-order valence-electron chi connectivity index (χ0n) is 18.1. The number of sulfone groups is 1. The summed E-state index contributed by atoms with van der Waals surface area (Å²) in [7, 11) is -3.28. The van der Waals surface area contributed by atoms with Gasteiger partial charge in [0, 0.05) is 19.3 Å². The van der Waals surface area contributed by atoms with E-state index in [-0.39, 0.29) is 23.1 Å². The van der Waals surface area contributed by atoms with E-state index in [1.165, 1.54) is 18.5 Å². The Morgan fingerprint density at radius 1 is 1.12 bits per heavy atom. The van der Waals surface area contributed by atoms with Gasteiger partial charge in [-0.1, -0.05) is 0 Å². The van der Waals surface area contributed by atoms with Gasteiger partial charge < -0.3 is 14.4 Å². The van der Waals surface area contributed by atoms with E-state index in [0.717, 1.165) is 19.1 Å². The van der Waals surface area contributed by atoms with Crippen molar-refractivity contribution in [1.82, 2.24) is 24.6 Å². The summed E-state index contributed by atoms with van der Waals surface area (Å²) >= 11 is 0. The molecule has 0 radical (unpaired) electrons. The van der Waals surface area contributed by atoms with Gasteiger partial charge in [-0.25, -0.2) is 27.9 Å². The van der Waals surface area contributed by atoms with Crippen LogP contribution in [0.4, 0.5) is 4.79 Å². The van der Waals surface area contributed by atoms with Crippen molar-refractivity contribution in [3.63, 3.8) is 0 Å². The first-order valence-corrected chi connectivity index (χ1v) is 12.2. The average molecular weight is 460 g/mol. The number of hydrogen-bond acceptors (Lipinski definition) is 8. The van der Waals surface area contributed by atoms with Crippen molar-refractivity contribution in [3.8, 4) is 11.6 Å². The third-order valence-corrected chi connectivity index (χ3v) is 6.35. The number of amides is 1. The van der Waals surface area contributed by atoms with Gasteiger partial charge in [-0.2, -0.15) is 5.10 Å². The van der Waals surface area contributed by atoms with E-state index >= 15 is 0 Å². The van der Waals surface area contributed by atoms with Crippen molar-refractivity contribution in [3.05, 3.63) is 36.8 Å². The maximum atomic E-state index is 12.1. The molecule has 0 aliphatic carbocycles. The number of fused-ring (bicyclic) bond motifs is 1. The normalized spacial score (nSPS) is 15.3. The van der Waals surface area contributed by atoms with Crippen LogP contribution >= 0.6 is 0 Å². The van der Waals surface area contributed by atoms with Crippen molar-refractivity contribution in [2.45, 2.75) is 43.7 Å². The fraction of sp³-hybridized carbons (Fsp3) is 0.429. The molecule has 0 N–H and O–H groups in total. The van der Waals surface area contributed by atoms with Crippen LogP contribution in [0.3, 0.4) is 0 Å². The number of ether oxygens (including phenoxy) is 2. The van der Waals surface area contributed by atoms with Gasteiger partial charge >= 0.3 is 6.09 Å². The number of aromatic nitrogens is 4. The third kappa shape index (κ3) is 4.67. The molecular weight excluding hydrogens is 434 g/mol. The minimum Gasteiger partial charge on any atom is -0.447 e. The van der Waals surface area contributed by atoms with Gasteiger partial charge in [0.1, 0.15) is 17.5 Å². The molecule has 10 nitrogen and oxygen atoms in total. The SMILES string of the molecule is CC(C)OC(=O)N1CCC(n2ncc3c(Oc4ccc(S(C)(=O)=O)cc4)ncnc32)CC1. The second-order valence-electron chi connectivity index (χ2n) is 8.00. The maximum absolute atomic E-state index is 12.1. The average Bonchev–Trinajstić information content (AvgIpc) is 3.18. The molecule has 1 aliphatic heterocycles. The van der Waals surface area contributed by atoms with Crippen LogP contribution in [-0.4, -0.2) is 64.6 Å². The molecule has 2 aromatic heterocycles. The summed E-state index contributed by atoms with van der Waals surface area (Å²) in [5.41, 5.74) is 0.644. The van der Waals surface area contributed by atoms with Gasteiger partial charge in [0.25, 0.3) is 0 Å². The Kier molecular flexibility index (Phi) is 6.00. The molecule has 0 spiro atoms. The Bertz CT molecular complexity index is 1220. The van der Waals surface area contributed by atoms with Gasteiger partial charge in [0.05, 0.1) is 23.2 Å². The molecule has 4 rings (SSSR count). The molecular formula is C21H25N5O5S. The van der Waals surface area contributed by atoms with E-state index in [1.54, 1.807) is 23.2 Å². The number of piperidine rings is 1. The highest BCUT2D eigenvalue weighted by Crippen LogP contribution is 2.31. The summed E-state index contributed by atoms with van der Waals surface area (Å²) in [4.78, 5) is 22.7. The van der Waals surface area contributed by atoms with Gasteiger partial charge in [0.2, 0.25) is 5.88 Å². The summed E-state index contributed by atoms with van der Waals surface area (Å²) in [5, 5.41) is 5.16. The molecule has 1 aliphatic rings. The van der Waals surface area contributed by atoms with Crippen molar-refractivity contribution in [2.24, 2.45) is 0 Å². The molecule has 1 aromatic carbocycles. The molecule has 3 heterocycles. The summed E-state index contributed by atoms with van der Waals surface area (Å²) in [6.45, 7) is 4.83. The number of rotatable bonds is 5. The quantitative estimate of drug-likeness (QED) is 0.571.